The summed E-state index contributed by atoms with van der Waals surface area (Å²) in [7, 11) is 0. The molecular weight excluding hydrogens is 206 g/mol. The Morgan fingerprint density at radius 3 is 2.94 bits per heavy atom. The number of esters is 1. The Kier molecular flexibility index (Phi) is 2.64. The molecule has 16 heavy (non-hydrogen) atoms. The minimum Gasteiger partial charge on any atom is -0.462 e. The second-order valence-electron chi connectivity index (χ2n) is 3.73. The third-order valence-electron chi connectivity index (χ3n) is 2.68. The van der Waals surface area contributed by atoms with E-state index in [-0.39, 0.29) is 17.8 Å². The van der Waals surface area contributed by atoms with Gasteiger partial charge in [-0.2, -0.15) is 0 Å². The highest BCUT2D eigenvalue weighted by atomic mass is 16.5. The van der Waals surface area contributed by atoms with Crippen molar-refractivity contribution in [2.45, 2.75) is 19.8 Å². The van der Waals surface area contributed by atoms with E-state index in [1.165, 1.54) is 0 Å². The van der Waals surface area contributed by atoms with E-state index in [0.29, 0.717) is 17.9 Å². The molecule has 0 saturated heterocycles. The molecule has 1 amide bonds. The number of carbonyl (C=O) groups is 2. The van der Waals surface area contributed by atoms with E-state index in [9.17, 15) is 9.59 Å². The van der Waals surface area contributed by atoms with Crippen molar-refractivity contribution in [3.8, 4) is 0 Å². The van der Waals surface area contributed by atoms with Gasteiger partial charge in [0.25, 0.3) is 0 Å². The smallest absolute Gasteiger partial charge is 0.338 e. The Morgan fingerprint density at radius 1 is 1.50 bits per heavy atom. The largest absolute Gasteiger partial charge is 0.462 e. The van der Waals surface area contributed by atoms with Crippen LogP contribution in [0.5, 0.6) is 0 Å². The minimum atomic E-state index is -0.362. The Bertz CT molecular complexity index is 454. The molecule has 0 saturated carbocycles. The highest BCUT2D eigenvalue weighted by Gasteiger charge is 2.27. The topological polar surface area (TPSA) is 55.4 Å². The third kappa shape index (κ3) is 1.66. The van der Waals surface area contributed by atoms with Crippen LogP contribution >= 0.6 is 0 Å². The first kappa shape index (κ1) is 10.7. The number of rotatable bonds is 2. The lowest BCUT2D eigenvalue weighted by Gasteiger charge is -2.04. The second kappa shape index (κ2) is 3.96. The van der Waals surface area contributed by atoms with E-state index >= 15 is 0 Å². The predicted molar refractivity (Wildman–Crippen MR) is 59.4 cm³/mol. The molecule has 1 N–H and O–H groups in total. The quantitative estimate of drug-likeness (QED) is 0.773. The van der Waals surface area contributed by atoms with Crippen LogP contribution in [0.25, 0.3) is 0 Å². The van der Waals surface area contributed by atoms with Gasteiger partial charge in [-0.05, 0) is 31.5 Å². The van der Waals surface area contributed by atoms with Crippen LogP contribution in [0, 0.1) is 0 Å². The fourth-order valence-corrected chi connectivity index (χ4v) is 1.77. The number of nitrogens with one attached hydrogen (secondary N) is 1. The number of ether oxygens (including phenoxy) is 1. The van der Waals surface area contributed by atoms with Gasteiger partial charge in [0.05, 0.1) is 18.1 Å². The van der Waals surface area contributed by atoms with Gasteiger partial charge >= 0.3 is 5.97 Å². The zero-order chi connectivity index (χ0) is 11.7. The van der Waals surface area contributed by atoms with Crippen molar-refractivity contribution in [3.05, 3.63) is 29.3 Å². The maximum Gasteiger partial charge on any atom is 0.338 e. The number of hydrogen-bond acceptors (Lipinski definition) is 3. The maximum absolute atomic E-state index is 11.5. The average molecular weight is 219 g/mol. The van der Waals surface area contributed by atoms with Crippen LogP contribution in [0.1, 0.15) is 35.7 Å². The Hall–Kier alpha value is -1.84. The molecule has 0 aliphatic carbocycles. The van der Waals surface area contributed by atoms with Crippen LogP contribution in [0.3, 0.4) is 0 Å². The third-order valence-corrected chi connectivity index (χ3v) is 2.68. The van der Waals surface area contributed by atoms with Gasteiger partial charge in [0.2, 0.25) is 5.91 Å². The molecule has 0 spiro atoms. The molecule has 1 atom stereocenters. The summed E-state index contributed by atoms with van der Waals surface area (Å²) in [6.07, 6.45) is 0. The molecule has 0 aromatic heterocycles. The molecular formula is C12H13NO3. The van der Waals surface area contributed by atoms with Crippen molar-refractivity contribution in [1.82, 2.24) is 0 Å². The first-order valence-corrected chi connectivity index (χ1v) is 5.25. The van der Waals surface area contributed by atoms with Crippen LogP contribution in [0.4, 0.5) is 5.69 Å². The van der Waals surface area contributed by atoms with Gasteiger partial charge < -0.3 is 10.1 Å². The van der Waals surface area contributed by atoms with E-state index in [4.69, 9.17) is 4.74 Å². The minimum absolute atomic E-state index is 0.0315. The molecule has 0 bridgehead atoms. The molecule has 1 aromatic carbocycles. The van der Waals surface area contributed by atoms with Crippen LogP contribution in [-0.2, 0) is 9.53 Å². The highest BCUT2D eigenvalue weighted by molar-refractivity contribution is 6.04. The summed E-state index contributed by atoms with van der Waals surface area (Å²) in [4.78, 5) is 22.9. The number of carbonyl (C=O) groups excluding carboxylic acids is 2. The summed E-state index contributed by atoms with van der Waals surface area (Å²) in [6, 6.07) is 5.15. The normalized spacial score (nSPS) is 17.9. The van der Waals surface area contributed by atoms with Gasteiger partial charge in [0.1, 0.15) is 0 Å². The molecule has 84 valence electrons. The molecule has 1 aliphatic rings. The summed E-state index contributed by atoms with van der Waals surface area (Å²) in [5.41, 5.74) is 2.11. The van der Waals surface area contributed by atoms with E-state index in [1.54, 1.807) is 25.1 Å². The predicted octanol–water partition coefficient (Wildman–Crippen LogP) is 1.92. The van der Waals surface area contributed by atoms with Gasteiger partial charge in [0.15, 0.2) is 0 Å². The van der Waals surface area contributed by atoms with Crippen LogP contribution < -0.4 is 5.32 Å². The average Bonchev–Trinajstić information content (AvgIpc) is 2.55. The summed E-state index contributed by atoms with van der Waals surface area (Å²) in [6.45, 7) is 3.94. The number of hydrogen-bond donors (Lipinski definition) is 1. The monoisotopic (exact) mass is 219 g/mol. The molecule has 1 aromatic rings. The maximum atomic E-state index is 11.5. The van der Waals surface area contributed by atoms with Crippen molar-refractivity contribution < 1.29 is 14.3 Å². The van der Waals surface area contributed by atoms with Crippen LogP contribution in [0.2, 0.25) is 0 Å². The van der Waals surface area contributed by atoms with Gasteiger partial charge in [-0.15, -0.1) is 0 Å². The molecule has 1 heterocycles. The number of benzene rings is 1. The summed E-state index contributed by atoms with van der Waals surface area (Å²) in [5, 5.41) is 2.74. The zero-order valence-electron chi connectivity index (χ0n) is 9.24. The van der Waals surface area contributed by atoms with Crippen molar-refractivity contribution in [1.29, 1.82) is 0 Å². The van der Waals surface area contributed by atoms with Crippen molar-refractivity contribution in [3.63, 3.8) is 0 Å². The molecule has 4 heteroatoms. The van der Waals surface area contributed by atoms with E-state index in [0.717, 1.165) is 5.56 Å². The summed E-state index contributed by atoms with van der Waals surface area (Å²) in [5.74, 6) is -0.540. The molecule has 0 fully saturated rings. The molecule has 0 radical (unpaired) electrons. The first-order chi connectivity index (χ1) is 7.63. The fourth-order valence-electron chi connectivity index (χ4n) is 1.77. The highest BCUT2D eigenvalue weighted by Crippen LogP contribution is 2.32. The molecule has 4 nitrogen and oxygen atoms in total. The lowest BCUT2D eigenvalue weighted by atomic mass is 10.0. The van der Waals surface area contributed by atoms with Gasteiger partial charge in [-0.25, -0.2) is 4.79 Å². The fraction of sp³-hybridized carbons (Fsp3) is 0.333. The van der Waals surface area contributed by atoms with Crippen molar-refractivity contribution in [2.24, 2.45) is 0 Å². The lowest BCUT2D eigenvalue weighted by molar-refractivity contribution is -0.116. The van der Waals surface area contributed by atoms with Crippen molar-refractivity contribution in [2.75, 3.05) is 11.9 Å². The lowest BCUT2D eigenvalue weighted by Crippen LogP contribution is -2.08. The molecule has 1 unspecified atom stereocenters. The van der Waals surface area contributed by atoms with Gasteiger partial charge in [-0.1, -0.05) is 6.07 Å². The number of fused-ring (bicyclic) bond motifs is 1. The Labute approximate surface area is 93.6 Å². The molecule has 1 aliphatic heterocycles. The van der Waals surface area contributed by atoms with Crippen LogP contribution in [0.15, 0.2) is 18.2 Å². The standard InChI is InChI=1S/C12H13NO3/c1-3-16-12(15)8-4-5-9-7(2)11(14)13-10(9)6-8/h4-7H,3H2,1-2H3,(H,13,14). The number of anilines is 1. The van der Waals surface area contributed by atoms with Gasteiger partial charge in [-0.3, -0.25) is 4.79 Å². The molecule has 2 rings (SSSR count). The van der Waals surface area contributed by atoms with Crippen molar-refractivity contribution >= 4 is 17.6 Å². The van der Waals surface area contributed by atoms with E-state index < -0.39 is 0 Å². The van der Waals surface area contributed by atoms with E-state index in [2.05, 4.69) is 5.32 Å². The zero-order valence-corrected chi connectivity index (χ0v) is 9.24. The first-order valence-electron chi connectivity index (χ1n) is 5.25. The Balaban J connectivity index is 2.32. The Morgan fingerprint density at radius 2 is 2.25 bits per heavy atom. The van der Waals surface area contributed by atoms with Gasteiger partial charge in [0, 0.05) is 5.69 Å². The second-order valence-corrected chi connectivity index (χ2v) is 3.73. The van der Waals surface area contributed by atoms with Crippen LogP contribution in [-0.4, -0.2) is 18.5 Å². The summed E-state index contributed by atoms with van der Waals surface area (Å²) < 4.78 is 4.89. The summed E-state index contributed by atoms with van der Waals surface area (Å²) >= 11 is 0. The number of amides is 1. The SMILES string of the molecule is CCOC(=O)c1ccc2c(c1)NC(=O)C2C. The van der Waals surface area contributed by atoms with E-state index in [1.807, 2.05) is 6.92 Å².